The van der Waals surface area contributed by atoms with Crippen LogP contribution in [0.2, 0.25) is 0 Å². The zero-order chi connectivity index (χ0) is 32.5. The zero-order valence-corrected chi connectivity index (χ0v) is 30.7. The van der Waals surface area contributed by atoms with Gasteiger partial charge in [-0.2, -0.15) is 0 Å². The minimum absolute atomic E-state index is 0.0408. The Morgan fingerprint density at radius 1 is 0.432 bits per heavy atom. The molecule has 0 N–H and O–H groups in total. The van der Waals surface area contributed by atoms with Crippen molar-refractivity contribution in [3.63, 3.8) is 0 Å². The fraction of sp³-hybridized carbons (Fsp3) is 0.786. The van der Waals surface area contributed by atoms with E-state index < -0.39 is 0 Å². The van der Waals surface area contributed by atoms with Crippen molar-refractivity contribution in [2.24, 2.45) is 0 Å². The maximum absolute atomic E-state index is 12.1. The van der Waals surface area contributed by atoms with E-state index in [1.807, 2.05) is 0 Å². The minimum atomic E-state index is -0.0408. The van der Waals surface area contributed by atoms with E-state index in [0.717, 1.165) is 44.9 Å². The number of allylic oxidation sites excluding steroid dienone is 7. The molecule has 0 aliphatic heterocycles. The molecule has 0 aromatic rings. The SMILES string of the molecule is CCCCCCCCCCCCCCCCCCCCCC(=O)OC/C=C(\C)CC/C=C(\C)CC/C=C(\C)CCC=C(C)C. The highest BCUT2D eigenvalue weighted by Gasteiger charge is 2.02. The van der Waals surface area contributed by atoms with Crippen LogP contribution >= 0.6 is 0 Å². The van der Waals surface area contributed by atoms with E-state index in [9.17, 15) is 4.79 Å². The first-order valence-corrected chi connectivity index (χ1v) is 19.1. The van der Waals surface area contributed by atoms with Crippen molar-refractivity contribution in [1.29, 1.82) is 0 Å². The van der Waals surface area contributed by atoms with Crippen molar-refractivity contribution in [1.82, 2.24) is 0 Å². The molecule has 0 spiro atoms. The normalized spacial score (nSPS) is 12.5. The molecule has 44 heavy (non-hydrogen) atoms. The number of carbonyl (C=O) groups excluding carboxylic acids is 1. The van der Waals surface area contributed by atoms with Crippen LogP contribution in [0.5, 0.6) is 0 Å². The fourth-order valence-corrected chi connectivity index (χ4v) is 5.68. The third-order valence-electron chi connectivity index (χ3n) is 8.81. The monoisotopic (exact) mass is 613 g/mol. The van der Waals surface area contributed by atoms with Gasteiger partial charge in [-0.3, -0.25) is 4.79 Å². The molecule has 0 bridgehead atoms. The molecule has 0 radical (unpaired) electrons. The van der Waals surface area contributed by atoms with Gasteiger partial charge >= 0.3 is 5.97 Å². The molecule has 2 nitrogen and oxygen atoms in total. The van der Waals surface area contributed by atoms with Crippen molar-refractivity contribution < 1.29 is 9.53 Å². The first kappa shape index (κ1) is 42.4. The van der Waals surface area contributed by atoms with Gasteiger partial charge in [-0.05, 0) is 85.6 Å². The highest BCUT2D eigenvalue weighted by molar-refractivity contribution is 5.69. The van der Waals surface area contributed by atoms with Gasteiger partial charge in [0.15, 0.2) is 0 Å². The molecule has 0 aliphatic carbocycles. The summed E-state index contributed by atoms with van der Waals surface area (Å²) in [6.45, 7) is 13.7. The average Bonchev–Trinajstić information content (AvgIpc) is 2.98. The Morgan fingerprint density at radius 2 is 0.773 bits per heavy atom. The zero-order valence-electron chi connectivity index (χ0n) is 30.7. The highest BCUT2D eigenvalue weighted by Crippen LogP contribution is 2.16. The second kappa shape index (κ2) is 32.8. The van der Waals surface area contributed by atoms with E-state index in [2.05, 4.69) is 65.8 Å². The van der Waals surface area contributed by atoms with Crippen LogP contribution in [0.3, 0.4) is 0 Å². The Morgan fingerprint density at radius 3 is 1.16 bits per heavy atom. The van der Waals surface area contributed by atoms with E-state index in [-0.39, 0.29) is 5.97 Å². The molecule has 0 aromatic carbocycles. The first-order valence-electron chi connectivity index (χ1n) is 19.1. The Kier molecular flexibility index (Phi) is 31.6. The van der Waals surface area contributed by atoms with Crippen molar-refractivity contribution >= 4 is 5.97 Å². The third-order valence-corrected chi connectivity index (χ3v) is 8.81. The van der Waals surface area contributed by atoms with Crippen molar-refractivity contribution in [2.45, 2.75) is 208 Å². The maximum atomic E-state index is 12.1. The summed E-state index contributed by atoms with van der Waals surface area (Å²) in [5.74, 6) is -0.0408. The summed E-state index contributed by atoms with van der Waals surface area (Å²) in [6, 6.07) is 0. The number of unbranched alkanes of at least 4 members (excludes halogenated alkanes) is 18. The van der Waals surface area contributed by atoms with Gasteiger partial charge in [0.05, 0.1) is 0 Å². The lowest BCUT2D eigenvalue weighted by Crippen LogP contribution is -2.04. The summed E-state index contributed by atoms with van der Waals surface area (Å²) < 4.78 is 5.45. The summed E-state index contributed by atoms with van der Waals surface area (Å²) in [4.78, 5) is 12.1. The summed E-state index contributed by atoms with van der Waals surface area (Å²) in [5.41, 5.74) is 5.68. The molecule has 0 aromatic heterocycles. The number of rotatable bonds is 31. The van der Waals surface area contributed by atoms with Gasteiger partial charge in [-0.1, -0.05) is 163 Å². The summed E-state index contributed by atoms with van der Waals surface area (Å²) in [6.07, 6.45) is 42.5. The van der Waals surface area contributed by atoms with Gasteiger partial charge < -0.3 is 4.74 Å². The minimum Gasteiger partial charge on any atom is -0.461 e. The Balaban J connectivity index is 3.58. The Hall–Kier alpha value is -1.57. The average molecular weight is 613 g/mol. The second-order valence-electron chi connectivity index (χ2n) is 13.8. The molecular formula is C42H76O2. The van der Waals surface area contributed by atoms with Crippen LogP contribution < -0.4 is 0 Å². The topological polar surface area (TPSA) is 26.3 Å². The summed E-state index contributed by atoms with van der Waals surface area (Å²) in [7, 11) is 0. The van der Waals surface area contributed by atoms with Crippen molar-refractivity contribution in [2.75, 3.05) is 6.61 Å². The van der Waals surface area contributed by atoms with Crippen molar-refractivity contribution in [3.05, 3.63) is 46.6 Å². The molecule has 0 unspecified atom stereocenters. The molecule has 0 heterocycles. The van der Waals surface area contributed by atoms with Crippen LogP contribution in [0.25, 0.3) is 0 Å². The second-order valence-corrected chi connectivity index (χ2v) is 13.8. The number of esters is 1. The van der Waals surface area contributed by atoms with E-state index in [1.54, 1.807) is 0 Å². The summed E-state index contributed by atoms with van der Waals surface area (Å²) in [5, 5.41) is 0. The van der Waals surface area contributed by atoms with E-state index in [4.69, 9.17) is 4.74 Å². The number of hydrogen-bond acceptors (Lipinski definition) is 2. The number of hydrogen-bond donors (Lipinski definition) is 0. The van der Waals surface area contributed by atoms with Gasteiger partial charge in [0.2, 0.25) is 0 Å². The lowest BCUT2D eigenvalue weighted by atomic mass is 10.0. The van der Waals surface area contributed by atoms with Gasteiger partial charge in [0, 0.05) is 6.42 Å². The fourth-order valence-electron chi connectivity index (χ4n) is 5.68. The Bertz CT molecular complexity index is 778. The maximum Gasteiger partial charge on any atom is 0.306 e. The summed E-state index contributed by atoms with van der Waals surface area (Å²) >= 11 is 0. The predicted molar refractivity (Wildman–Crippen MR) is 197 cm³/mol. The third kappa shape index (κ3) is 33.3. The smallest absolute Gasteiger partial charge is 0.306 e. The lowest BCUT2D eigenvalue weighted by Gasteiger charge is -2.05. The molecule has 0 saturated carbocycles. The first-order chi connectivity index (χ1) is 21.3. The Labute approximate surface area is 276 Å². The molecule has 2 heteroatoms. The van der Waals surface area contributed by atoms with Crippen LogP contribution in [0.1, 0.15) is 208 Å². The molecular weight excluding hydrogens is 536 g/mol. The molecule has 0 saturated heterocycles. The molecule has 0 fully saturated rings. The predicted octanol–water partition coefficient (Wildman–Crippen LogP) is 14.5. The molecule has 0 amide bonds. The van der Waals surface area contributed by atoms with Crippen LogP contribution in [0.4, 0.5) is 0 Å². The molecule has 256 valence electrons. The molecule has 0 aliphatic rings. The van der Waals surface area contributed by atoms with E-state index in [0.29, 0.717) is 13.0 Å². The molecule has 0 rings (SSSR count). The van der Waals surface area contributed by atoms with Gasteiger partial charge in [0.1, 0.15) is 6.61 Å². The van der Waals surface area contributed by atoms with Gasteiger partial charge in [-0.25, -0.2) is 0 Å². The van der Waals surface area contributed by atoms with E-state index >= 15 is 0 Å². The highest BCUT2D eigenvalue weighted by atomic mass is 16.5. The van der Waals surface area contributed by atoms with Crippen molar-refractivity contribution in [3.8, 4) is 0 Å². The van der Waals surface area contributed by atoms with E-state index in [1.165, 1.54) is 138 Å². The van der Waals surface area contributed by atoms with Crippen LogP contribution in [0, 0.1) is 0 Å². The van der Waals surface area contributed by atoms with Crippen LogP contribution in [-0.2, 0) is 9.53 Å². The molecule has 0 atom stereocenters. The van der Waals surface area contributed by atoms with Gasteiger partial charge in [-0.15, -0.1) is 0 Å². The quantitative estimate of drug-likeness (QED) is 0.0442. The lowest BCUT2D eigenvalue weighted by molar-refractivity contribution is -0.142. The van der Waals surface area contributed by atoms with Crippen LogP contribution in [-0.4, -0.2) is 12.6 Å². The standard InChI is InChI=1S/C42H76O2/c1-7-8-9-10-11-12-13-14-15-16-17-18-19-20-21-22-23-24-25-35-42(43)44-37-36-41(6)34-28-33-40(5)32-27-31-39(4)30-26-29-38(2)3/h29,31,33,36H,7-28,30,32,34-35,37H2,1-6H3/b39-31+,40-33+,41-36+. The van der Waals surface area contributed by atoms with Crippen LogP contribution in [0.15, 0.2) is 46.6 Å². The largest absolute Gasteiger partial charge is 0.461 e. The van der Waals surface area contributed by atoms with Gasteiger partial charge in [0.25, 0.3) is 0 Å². The number of ether oxygens (including phenoxy) is 1. The number of carbonyl (C=O) groups is 1.